The highest BCUT2D eigenvalue weighted by Crippen LogP contribution is 2.33. The second kappa shape index (κ2) is 5.80. The quantitative estimate of drug-likeness (QED) is 0.873. The van der Waals surface area contributed by atoms with E-state index in [1.165, 1.54) is 0 Å². The third kappa shape index (κ3) is 3.19. The van der Waals surface area contributed by atoms with Crippen molar-refractivity contribution in [3.63, 3.8) is 0 Å². The Kier molecular flexibility index (Phi) is 4.32. The molecule has 0 spiro atoms. The number of hydrogen-bond acceptors (Lipinski definition) is 3. The van der Waals surface area contributed by atoms with Crippen LogP contribution in [0.4, 0.5) is 5.69 Å². The van der Waals surface area contributed by atoms with E-state index < -0.39 is 5.54 Å². The standard InChI is InChI=1S/C14H19ClN2O2/c1-2-8-19-12-5-4-10(15)9-11(12)17-13(18)14(16)6-3-7-14/h4-5,9H,2-3,6-8,16H2,1H3,(H,17,18). The summed E-state index contributed by atoms with van der Waals surface area (Å²) in [5.41, 5.74) is 5.85. The Labute approximate surface area is 118 Å². The van der Waals surface area contributed by atoms with Crippen molar-refractivity contribution in [1.29, 1.82) is 0 Å². The predicted molar refractivity (Wildman–Crippen MR) is 76.6 cm³/mol. The summed E-state index contributed by atoms with van der Waals surface area (Å²) in [7, 11) is 0. The number of carbonyl (C=O) groups excluding carboxylic acids is 1. The number of rotatable bonds is 5. The second-order valence-corrected chi connectivity index (χ2v) is 5.39. The molecule has 0 bridgehead atoms. The fourth-order valence-electron chi connectivity index (χ4n) is 1.97. The maximum Gasteiger partial charge on any atom is 0.244 e. The molecule has 0 aromatic heterocycles. The average molecular weight is 283 g/mol. The number of hydrogen-bond donors (Lipinski definition) is 2. The molecule has 5 heteroatoms. The number of carbonyl (C=O) groups is 1. The molecule has 1 amide bonds. The van der Waals surface area contributed by atoms with Crippen molar-refractivity contribution in [1.82, 2.24) is 0 Å². The molecule has 0 atom stereocenters. The van der Waals surface area contributed by atoms with Gasteiger partial charge in [-0.2, -0.15) is 0 Å². The van der Waals surface area contributed by atoms with Crippen LogP contribution in [0.3, 0.4) is 0 Å². The maximum absolute atomic E-state index is 12.1. The second-order valence-electron chi connectivity index (χ2n) is 4.95. The number of halogens is 1. The van der Waals surface area contributed by atoms with E-state index in [0.717, 1.165) is 25.7 Å². The number of anilines is 1. The molecule has 1 aliphatic carbocycles. The van der Waals surface area contributed by atoms with Gasteiger partial charge in [-0.3, -0.25) is 4.79 Å². The van der Waals surface area contributed by atoms with E-state index in [9.17, 15) is 4.79 Å². The van der Waals surface area contributed by atoms with Crippen LogP contribution in [0, 0.1) is 0 Å². The molecule has 4 nitrogen and oxygen atoms in total. The van der Waals surface area contributed by atoms with Crippen molar-refractivity contribution in [2.24, 2.45) is 5.73 Å². The fraction of sp³-hybridized carbons (Fsp3) is 0.500. The monoisotopic (exact) mass is 282 g/mol. The number of ether oxygens (including phenoxy) is 1. The lowest BCUT2D eigenvalue weighted by Crippen LogP contribution is -2.56. The van der Waals surface area contributed by atoms with Gasteiger partial charge in [0.1, 0.15) is 5.75 Å². The van der Waals surface area contributed by atoms with Gasteiger partial charge >= 0.3 is 0 Å². The summed E-state index contributed by atoms with van der Waals surface area (Å²) in [6.07, 6.45) is 3.35. The Morgan fingerprint density at radius 2 is 2.26 bits per heavy atom. The number of amides is 1. The molecular weight excluding hydrogens is 264 g/mol. The minimum atomic E-state index is -0.732. The summed E-state index contributed by atoms with van der Waals surface area (Å²) in [6, 6.07) is 5.19. The van der Waals surface area contributed by atoms with Crippen LogP contribution < -0.4 is 15.8 Å². The van der Waals surface area contributed by atoms with Gasteiger partial charge in [0.15, 0.2) is 0 Å². The van der Waals surface area contributed by atoms with Crippen molar-refractivity contribution in [3.05, 3.63) is 23.2 Å². The van der Waals surface area contributed by atoms with E-state index in [0.29, 0.717) is 23.1 Å². The molecule has 0 radical (unpaired) electrons. The van der Waals surface area contributed by atoms with Crippen molar-refractivity contribution < 1.29 is 9.53 Å². The van der Waals surface area contributed by atoms with E-state index in [1.54, 1.807) is 18.2 Å². The number of nitrogens with two attached hydrogens (primary N) is 1. The van der Waals surface area contributed by atoms with Crippen LogP contribution in [-0.2, 0) is 4.79 Å². The highest BCUT2D eigenvalue weighted by atomic mass is 35.5. The molecule has 1 saturated carbocycles. The van der Waals surface area contributed by atoms with Gasteiger partial charge in [0.05, 0.1) is 17.8 Å². The smallest absolute Gasteiger partial charge is 0.244 e. The van der Waals surface area contributed by atoms with E-state index in [4.69, 9.17) is 22.1 Å². The van der Waals surface area contributed by atoms with Gasteiger partial charge in [-0.05, 0) is 43.9 Å². The SMILES string of the molecule is CCCOc1ccc(Cl)cc1NC(=O)C1(N)CCC1. The third-order valence-corrected chi connectivity index (χ3v) is 3.58. The summed E-state index contributed by atoms with van der Waals surface area (Å²) in [5.74, 6) is 0.463. The number of benzene rings is 1. The van der Waals surface area contributed by atoms with Gasteiger partial charge < -0.3 is 15.8 Å². The first-order valence-corrected chi connectivity index (χ1v) is 6.95. The van der Waals surface area contributed by atoms with Gasteiger partial charge in [-0.1, -0.05) is 18.5 Å². The van der Waals surface area contributed by atoms with Gasteiger partial charge in [-0.15, -0.1) is 0 Å². The van der Waals surface area contributed by atoms with E-state index in [-0.39, 0.29) is 5.91 Å². The predicted octanol–water partition coefficient (Wildman–Crippen LogP) is 2.95. The van der Waals surface area contributed by atoms with Crippen molar-refractivity contribution in [3.8, 4) is 5.75 Å². The average Bonchev–Trinajstić information content (AvgIpc) is 2.35. The van der Waals surface area contributed by atoms with Crippen molar-refractivity contribution in [2.45, 2.75) is 38.1 Å². The lowest BCUT2D eigenvalue weighted by atomic mass is 9.77. The molecule has 2 rings (SSSR count). The maximum atomic E-state index is 12.1. The van der Waals surface area contributed by atoms with Crippen LogP contribution in [0.25, 0.3) is 0 Å². The summed E-state index contributed by atoms with van der Waals surface area (Å²) in [6.45, 7) is 2.62. The first-order valence-electron chi connectivity index (χ1n) is 6.58. The minimum Gasteiger partial charge on any atom is -0.491 e. The Morgan fingerprint density at radius 3 is 2.84 bits per heavy atom. The van der Waals surface area contributed by atoms with E-state index in [2.05, 4.69) is 5.32 Å². The van der Waals surface area contributed by atoms with Crippen molar-refractivity contribution in [2.75, 3.05) is 11.9 Å². The molecule has 104 valence electrons. The van der Waals surface area contributed by atoms with Crippen molar-refractivity contribution >= 4 is 23.2 Å². The summed E-state index contributed by atoms with van der Waals surface area (Å²) >= 11 is 5.96. The summed E-state index contributed by atoms with van der Waals surface area (Å²) in [4.78, 5) is 12.1. The highest BCUT2D eigenvalue weighted by molar-refractivity contribution is 6.31. The summed E-state index contributed by atoms with van der Waals surface area (Å²) < 4.78 is 5.59. The molecule has 1 aromatic rings. The Bertz CT molecular complexity index is 473. The molecule has 1 aliphatic rings. The largest absolute Gasteiger partial charge is 0.491 e. The molecule has 0 unspecified atom stereocenters. The fourth-order valence-corrected chi connectivity index (χ4v) is 2.14. The van der Waals surface area contributed by atoms with Crippen LogP contribution in [-0.4, -0.2) is 18.1 Å². The lowest BCUT2D eigenvalue weighted by Gasteiger charge is -2.36. The molecule has 1 aromatic carbocycles. The molecule has 0 heterocycles. The zero-order valence-electron chi connectivity index (χ0n) is 11.0. The zero-order chi connectivity index (χ0) is 13.9. The first-order chi connectivity index (χ1) is 9.05. The topological polar surface area (TPSA) is 64.3 Å². The van der Waals surface area contributed by atoms with Gasteiger partial charge in [0, 0.05) is 5.02 Å². The zero-order valence-corrected chi connectivity index (χ0v) is 11.8. The lowest BCUT2D eigenvalue weighted by molar-refractivity contribution is -0.123. The molecule has 0 aliphatic heterocycles. The summed E-state index contributed by atoms with van der Waals surface area (Å²) in [5, 5.41) is 3.38. The van der Waals surface area contributed by atoms with E-state index in [1.807, 2.05) is 6.92 Å². The molecule has 3 N–H and O–H groups in total. The van der Waals surface area contributed by atoms with Crippen LogP contribution >= 0.6 is 11.6 Å². The third-order valence-electron chi connectivity index (χ3n) is 3.35. The Balaban J connectivity index is 2.13. The molecule has 19 heavy (non-hydrogen) atoms. The van der Waals surface area contributed by atoms with Gasteiger partial charge in [0.25, 0.3) is 0 Å². The Hall–Kier alpha value is -1.26. The van der Waals surface area contributed by atoms with Gasteiger partial charge in [0.2, 0.25) is 5.91 Å². The molecular formula is C14H19ClN2O2. The first kappa shape index (κ1) is 14.2. The van der Waals surface area contributed by atoms with E-state index >= 15 is 0 Å². The van der Waals surface area contributed by atoms with Gasteiger partial charge in [-0.25, -0.2) is 0 Å². The van der Waals surface area contributed by atoms with Crippen LogP contribution in [0.1, 0.15) is 32.6 Å². The van der Waals surface area contributed by atoms with Crippen LogP contribution in [0.15, 0.2) is 18.2 Å². The molecule has 0 saturated heterocycles. The van der Waals surface area contributed by atoms with Crippen LogP contribution in [0.2, 0.25) is 5.02 Å². The highest BCUT2D eigenvalue weighted by Gasteiger charge is 2.40. The van der Waals surface area contributed by atoms with Crippen LogP contribution in [0.5, 0.6) is 5.75 Å². The Morgan fingerprint density at radius 1 is 1.53 bits per heavy atom. The minimum absolute atomic E-state index is 0.164. The normalized spacial score (nSPS) is 16.6. The number of nitrogens with one attached hydrogen (secondary N) is 1. The molecule has 1 fully saturated rings.